The zero-order chi connectivity index (χ0) is 18.4. The molecule has 0 bridgehead atoms. The van der Waals surface area contributed by atoms with E-state index in [0.717, 1.165) is 44.4 Å². The first-order valence-corrected chi connectivity index (χ1v) is 9.26. The highest BCUT2D eigenvalue weighted by atomic mass is 16.1. The number of carbonyl (C=O) groups excluding carboxylic acids is 1. The minimum atomic E-state index is 0.0659. The van der Waals surface area contributed by atoms with Gasteiger partial charge >= 0.3 is 0 Å². The summed E-state index contributed by atoms with van der Waals surface area (Å²) in [5.74, 6) is 1.35. The number of nitrogens with zero attached hydrogens (tertiary/aromatic N) is 4. The van der Waals surface area contributed by atoms with Crippen molar-refractivity contribution in [2.45, 2.75) is 26.2 Å². The molecule has 0 radical (unpaired) electrons. The van der Waals surface area contributed by atoms with Gasteiger partial charge in [0.2, 0.25) is 11.9 Å². The smallest absolute Gasteiger partial charge is 0.225 e. The highest BCUT2D eigenvalue weighted by molar-refractivity contribution is 5.90. The molecule has 26 heavy (non-hydrogen) atoms. The van der Waals surface area contributed by atoms with E-state index in [2.05, 4.69) is 51.1 Å². The number of aromatic nitrogens is 2. The summed E-state index contributed by atoms with van der Waals surface area (Å²) in [5.41, 5.74) is 2.15. The Hall–Kier alpha value is -2.47. The number of piperazine rings is 1. The Labute approximate surface area is 155 Å². The summed E-state index contributed by atoms with van der Waals surface area (Å²) in [7, 11) is 0. The zero-order valence-electron chi connectivity index (χ0n) is 15.6. The molecule has 0 unspecified atom stereocenters. The second kappa shape index (κ2) is 8.76. The van der Waals surface area contributed by atoms with E-state index in [4.69, 9.17) is 0 Å². The van der Waals surface area contributed by atoms with Gasteiger partial charge in [-0.25, -0.2) is 9.97 Å². The van der Waals surface area contributed by atoms with Crippen LogP contribution in [0.1, 0.15) is 31.7 Å². The molecule has 1 saturated heterocycles. The number of hydrogen-bond donors (Lipinski definition) is 1. The minimum Gasteiger partial charge on any atom is -0.338 e. The number of anilines is 2. The lowest BCUT2D eigenvalue weighted by molar-refractivity contribution is -0.116. The summed E-state index contributed by atoms with van der Waals surface area (Å²) < 4.78 is 0. The van der Waals surface area contributed by atoms with Gasteiger partial charge in [-0.05, 0) is 29.7 Å². The molecular weight excluding hydrogens is 326 g/mol. The molecule has 0 atom stereocenters. The Kier molecular flexibility index (Phi) is 6.17. The SMILES string of the molecule is CC(C)c1ccc(NC(=O)CCN2CCN(c3ncccn3)CC2)cc1. The highest BCUT2D eigenvalue weighted by Gasteiger charge is 2.19. The zero-order valence-corrected chi connectivity index (χ0v) is 15.6. The quantitative estimate of drug-likeness (QED) is 0.865. The largest absolute Gasteiger partial charge is 0.338 e. The van der Waals surface area contributed by atoms with Gasteiger partial charge in [-0.3, -0.25) is 9.69 Å². The second-order valence-electron chi connectivity index (χ2n) is 6.95. The maximum Gasteiger partial charge on any atom is 0.225 e. The third kappa shape index (κ3) is 5.02. The predicted octanol–water partition coefficient (Wildman–Crippen LogP) is 2.75. The van der Waals surface area contributed by atoms with E-state index in [0.29, 0.717) is 12.3 Å². The van der Waals surface area contributed by atoms with Gasteiger partial charge in [0, 0.05) is 57.2 Å². The van der Waals surface area contributed by atoms with Crippen molar-refractivity contribution in [3.63, 3.8) is 0 Å². The van der Waals surface area contributed by atoms with Crippen molar-refractivity contribution in [1.29, 1.82) is 0 Å². The summed E-state index contributed by atoms with van der Waals surface area (Å²) in [6.45, 7) is 8.74. The van der Waals surface area contributed by atoms with Crippen LogP contribution in [0.5, 0.6) is 0 Å². The molecule has 138 valence electrons. The van der Waals surface area contributed by atoms with Crippen LogP contribution in [-0.4, -0.2) is 53.5 Å². The molecule has 1 aromatic heterocycles. The van der Waals surface area contributed by atoms with Gasteiger partial charge < -0.3 is 10.2 Å². The molecule has 1 amide bonds. The van der Waals surface area contributed by atoms with Crippen LogP contribution in [0.3, 0.4) is 0 Å². The van der Waals surface area contributed by atoms with Crippen LogP contribution in [-0.2, 0) is 4.79 Å². The van der Waals surface area contributed by atoms with Crippen molar-refractivity contribution in [3.8, 4) is 0 Å². The summed E-state index contributed by atoms with van der Waals surface area (Å²) >= 11 is 0. The number of nitrogens with one attached hydrogen (secondary N) is 1. The summed E-state index contributed by atoms with van der Waals surface area (Å²) in [6, 6.07) is 9.93. The number of benzene rings is 1. The van der Waals surface area contributed by atoms with Crippen LogP contribution in [0.15, 0.2) is 42.7 Å². The Bertz CT molecular complexity index is 694. The monoisotopic (exact) mass is 353 g/mol. The maximum absolute atomic E-state index is 12.2. The van der Waals surface area contributed by atoms with Gasteiger partial charge in [0.05, 0.1) is 0 Å². The molecule has 1 aliphatic heterocycles. The van der Waals surface area contributed by atoms with Crippen molar-refractivity contribution in [2.75, 3.05) is 42.9 Å². The number of carbonyl (C=O) groups is 1. The summed E-state index contributed by atoms with van der Waals surface area (Å²) in [5, 5.41) is 2.99. The molecule has 1 aliphatic rings. The van der Waals surface area contributed by atoms with Gasteiger partial charge in [0.15, 0.2) is 0 Å². The first-order chi connectivity index (χ1) is 12.6. The van der Waals surface area contributed by atoms with E-state index >= 15 is 0 Å². The van der Waals surface area contributed by atoms with Crippen molar-refractivity contribution < 1.29 is 4.79 Å². The van der Waals surface area contributed by atoms with Gasteiger partial charge in [0.1, 0.15) is 0 Å². The highest BCUT2D eigenvalue weighted by Crippen LogP contribution is 2.17. The number of amides is 1. The Morgan fingerprint density at radius 3 is 2.35 bits per heavy atom. The average molecular weight is 353 g/mol. The molecule has 0 aliphatic carbocycles. The molecule has 6 heteroatoms. The first-order valence-electron chi connectivity index (χ1n) is 9.26. The van der Waals surface area contributed by atoms with E-state index in [9.17, 15) is 4.79 Å². The topological polar surface area (TPSA) is 61.4 Å². The Morgan fingerprint density at radius 2 is 1.73 bits per heavy atom. The van der Waals surface area contributed by atoms with Gasteiger partial charge in [-0.1, -0.05) is 26.0 Å². The van der Waals surface area contributed by atoms with Crippen LogP contribution >= 0.6 is 0 Å². The molecule has 6 nitrogen and oxygen atoms in total. The molecule has 3 rings (SSSR count). The van der Waals surface area contributed by atoms with Crippen LogP contribution < -0.4 is 10.2 Å². The molecule has 2 heterocycles. The van der Waals surface area contributed by atoms with E-state index in [1.807, 2.05) is 18.2 Å². The molecule has 0 spiro atoms. The first kappa shape index (κ1) is 18.3. The summed E-state index contributed by atoms with van der Waals surface area (Å²) in [6.07, 6.45) is 4.05. The van der Waals surface area contributed by atoms with E-state index in [-0.39, 0.29) is 5.91 Å². The van der Waals surface area contributed by atoms with Crippen LogP contribution in [0.4, 0.5) is 11.6 Å². The fourth-order valence-corrected chi connectivity index (χ4v) is 3.06. The fraction of sp³-hybridized carbons (Fsp3) is 0.450. The van der Waals surface area contributed by atoms with Crippen molar-refractivity contribution in [1.82, 2.24) is 14.9 Å². The van der Waals surface area contributed by atoms with Crippen LogP contribution in [0.2, 0.25) is 0 Å². The molecular formula is C20H27N5O. The molecule has 1 fully saturated rings. The predicted molar refractivity (Wildman–Crippen MR) is 104 cm³/mol. The standard InChI is InChI=1S/C20H27N5O/c1-16(2)17-4-6-18(7-5-17)23-19(26)8-11-24-12-14-25(15-13-24)20-21-9-3-10-22-20/h3-7,9-10,16H,8,11-15H2,1-2H3,(H,23,26). The van der Waals surface area contributed by atoms with Crippen molar-refractivity contribution >= 4 is 17.5 Å². The van der Waals surface area contributed by atoms with Gasteiger partial charge in [-0.15, -0.1) is 0 Å². The maximum atomic E-state index is 12.2. The fourth-order valence-electron chi connectivity index (χ4n) is 3.06. The molecule has 1 aromatic carbocycles. The normalized spacial score (nSPS) is 15.3. The lowest BCUT2D eigenvalue weighted by Gasteiger charge is -2.34. The number of rotatable bonds is 6. The minimum absolute atomic E-state index is 0.0659. The second-order valence-corrected chi connectivity index (χ2v) is 6.95. The third-order valence-corrected chi connectivity index (χ3v) is 4.72. The van der Waals surface area contributed by atoms with Crippen molar-refractivity contribution in [2.24, 2.45) is 0 Å². The lowest BCUT2D eigenvalue weighted by Crippen LogP contribution is -2.47. The average Bonchev–Trinajstić information content (AvgIpc) is 2.68. The molecule has 0 saturated carbocycles. The lowest BCUT2D eigenvalue weighted by atomic mass is 10.0. The number of hydrogen-bond acceptors (Lipinski definition) is 5. The van der Waals surface area contributed by atoms with E-state index < -0.39 is 0 Å². The summed E-state index contributed by atoms with van der Waals surface area (Å²) in [4.78, 5) is 25.3. The van der Waals surface area contributed by atoms with Gasteiger partial charge in [0.25, 0.3) is 0 Å². The van der Waals surface area contributed by atoms with Crippen molar-refractivity contribution in [3.05, 3.63) is 48.3 Å². The van der Waals surface area contributed by atoms with Gasteiger partial charge in [-0.2, -0.15) is 0 Å². The Morgan fingerprint density at radius 1 is 1.08 bits per heavy atom. The van der Waals surface area contributed by atoms with Crippen LogP contribution in [0, 0.1) is 0 Å². The van der Waals surface area contributed by atoms with E-state index in [1.165, 1.54) is 5.56 Å². The Balaban J connectivity index is 1.40. The molecule has 2 aromatic rings. The van der Waals surface area contributed by atoms with Crippen LogP contribution in [0.25, 0.3) is 0 Å². The third-order valence-electron chi connectivity index (χ3n) is 4.72. The molecule has 1 N–H and O–H groups in total. The van der Waals surface area contributed by atoms with E-state index in [1.54, 1.807) is 12.4 Å².